The van der Waals surface area contributed by atoms with Crippen LogP contribution in [0.1, 0.15) is 37.8 Å². The van der Waals surface area contributed by atoms with E-state index in [1.54, 1.807) is 13.0 Å². The molecule has 2 N–H and O–H groups in total. The molecule has 7 heteroatoms. The number of methoxy groups -OCH3 is 1. The molecule has 2 heterocycles. The van der Waals surface area contributed by atoms with E-state index in [1.807, 2.05) is 85.8 Å². The van der Waals surface area contributed by atoms with Crippen molar-refractivity contribution >= 4 is 23.9 Å². The highest BCUT2D eigenvalue weighted by Gasteiger charge is 2.50. The van der Waals surface area contributed by atoms with Crippen molar-refractivity contribution in [2.24, 2.45) is 10.8 Å². The molecule has 5 atom stereocenters. The van der Waals surface area contributed by atoms with Crippen LogP contribution in [-0.2, 0) is 23.8 Å². The number of rotatable bonds is 6. The Kier molecular flexibility index (Phi) is 10.6. The molecule has 0 amide bonds. The Labute approximate surface area is 224 Å². The Balaban J connectivity index is 0.000000212. The second kappa shape index (κ2) is 13.6. The molecule has 2 aliphatic rings. The minimum atomic E-state index is -1.27. The lowest BCUT2D eigenvalue weighted by molar-refractivity contribution is -0.170. The Hall–Kier alpha value is -3.10. The zero-order valence-electron chi connectivity index (χ0n) is 22.3. The summed E-state index contributed by atoms with van der Waals surface area (Å²) < 4.78 is 16.0. The number of carbonyl (C=O) groups is 2. The molecule has 0 unspecified atom stereocenters. The van der Waals surface area contributed by atoms with E-state index in [2.05, 4.69) is 0 Å². The summed E-state index contributed by atoms with van der Waals surface area (Å²) in [4.78, 5) is 24.1. The van der Waals surface area contributed by atoms with Crippen LogP contribution in [0.5, 0.6) is 0 Å². The van der Waals surface area contributed by atoms with Gasteiger partial charge in [0.1, 0.15) is 0 Å². The van der Waals surface area contributed by atoms with Crippen LogP contribution in [0.25, 0.3) is 12.2 Å². The Bertz CT molecular complexity index is 1090. The van der Waals surface area contributed by atoms with Crippen LogP contribution in [-0.4, -0.2) is 67.2 Å². The molecule has 0 aliphatic carbocycles. The van der Waals surface area contributed by atoms with Crippen LogP contribution in [0, 0.1) is 10.8 Å². The van der Waals surface area contributed by atoms with Crippen molar-refractivity contribution in [3.8, 4) is 0 Å². The number of aliphatic hydroxyl groups excluding tert-OH is 2. The molecule has 2 aliphatic heterocycles. The second-order valence-corrected chi connectivity index (χ2v) is 9.96. The fraction of sp³-hybridized carbons (Fsp3) is 0.419. The highest BCUT2D eigenvalue weighted by atomic mass is 16.5. The van der Waals surface area contributed by atoms with Gasteiger partial charge < -0.3 is 24.4 Å². The summed E-state index contributed by atoms with van der Waals surface area (Å²) >= 11 is 0. The van der Waals surface area contributed by atoms with E-state index in [1.165, 1.54) is 7.11 Å². The lowest BCUT2D eigenvalue weighted by Gasteiger charge is -2.42. The van der Waals surface area contributed by atoms with E-state index in [4.69, 9.17) is 14.2 Å². The quantitative estimate of drug-likeness (QED) is 0.435. The number of ketones is 1. The SMILES string of the molecule is COC(=O)[C@]1(C)C(=O)CCO[C@@H]1/C=C/c1ccccc1.C[C@@]1(CO)[C@H](O)CCO[C@@H]1/C=C/c1ccccc1. The van der Waals surface area contributed by atoms with Crippen molar-refractivity contribution in [3.05, 3.63) is 83.9 Å². The van der Waals surface area contributed by atoms with Crippen molar-refractivity contribution in [1.82, 2.24) is 0 Å². The molecule has 38 heavy (non-hydrogen) atoms. The van der Waals surface area contributed by atoms with Crippen LogP contribution in [0.2, 0.25) is 0 Å². The largest absolute Gasteiger partial charge is 0.468 e. The number of hydrogen-bond acceptors (Lipinski definition) is 7. The topological polar surface area (TPSA) is 102 Å². The first-order valence-electron chi connectivity index (χ1n) is 12.9. The summed E-state index contributed by atoms with van der Waals surface area (Å²) in [6, 6.07) is 19.6. The van der Waals surface area contributed by atoms with Gasteiger partial charge in [0.2, 0.25) is 0 Å². The molecule has 7 nitrogen and oxygen atoms in total. The number of esters is 1. The third-order valence-corrected chi connectivity index (χ3v) is 7.35. The van der Waals surface area contributed by atoms with Gasteiger partial charge in [0, 0.05) is 18.4 Å². The molecule has 0 spiro atoms. The summed E-state index contributed by atoms with van der Waals surface area (Å²) in [5, 5.41) is 19.5. The highest BCUT2D eigenvalue weighted by Crippen LogP contribution is 2.35. The smallest absolute Gasteiger partial charge is 0.322 e. The lowest BCUT2D eigenvalue weighted by Crippen LogP contribution is -2.51. The first-order valence-corrected chi connectivity index (χ1v) is 12.9. The standard InChI is InChI=1S/C16H18O4.C15H20O3/c1-16(15(18)19-2)13(17)10-11-20-14(16)9-8-12-6-4-3-5-7-12;1-15(11-16)13(17)9-10-18-14(15)8-7-12-5-3-2-4-6-12/h3-9,14H,10-11H2,1-2H3;2-8,13-14,16-17H,9-11H2,1H3/b9-8+;8-7+/t14-,16-;13-,14-,15-/m11/s1. The summed E-state index contributed by atoms with van der Waals surface area (Å²) in [6.07, 6.45) is 6.93. The van der Waals surface area contributed by atoms with Crippen molar-refractivity contribution in [1.29, 1.82) is 0 Å². The molecule has 2 fully saturated rings. The summed E-state index contributed by atoms with van der Waals surface area (Å²) in [5.74, 6) is -0.691. The minimum Gasteiger partial charge on any atom is -0.468 e. The fourth-order valence-electron chi connectivity index (χ4n) is 4.57. The van der Waals surface area contributed by atoms with Gasteiger partial charge in [-0.1, -0.05) is 91.9 Å². The van der Waals surface area contributed by atoms with Gasteiger partial charge in [-0.05, 0) is 24.5 Å². The summed E-state index contributed by atoms with van der Waals surface area (Å²) in [5.41, 5.74) is 0.185. The van der Waals surface area contributed by atoms with E-state index in [0.29, 0.717) is 19.6 Å². The second-order valence-electron chi connectivity index (χ2n) is 9.96. The first kappa shape index (κ1) is 29.5. The third-order valence-electron chi connectivity index (χ3n) is 7.35. The number of aliphatic hydroxyl groups is 2. The van der Waals surface area contributed by atoms with Gasteiger partial charge in [0.05, 0.1) is 38.6 Å². The van der Waals surface area contributed by atoms with E-state index in [0.717, 1.165) is 11.1 Å². The normalized spacial score (nSPS) is 29.6. The fourth-order valence-corrected chi connectivity index (χ4v) is 4.57. The monoisotopic (exact) mass is 522 g/mol. The van der Waals surface area contributed by atoms with Crippen molar-refractivity contribution in [2.45, 2.75) is 45.0 Å². The van der Waals surface area contributed by atoms with Crippen molar-refractivity contribution < 1.29 is 34.0 Å². The van der Waals surface area contributed by atoms with Crippen LogP contribution in [0.4, 0.5) is 0 Å². The van der Waals surface area contributed by atoms with E-state index in [9.17, 15) is 19.8 Å². The maximum absolute atomic E-state index is 12.1. The van der Waals surface area contributed by atoms with Gasteiger partial charge in [-0.2, -0.15) is 0 Å². The Morgan fingerprint density at radius 3 is 2.00 bits per heavy atom. The zero-order chi connectivity index (χ0) is 27.6. The number of benzene rings is 2. The van der Waals surface area contributed by atoms with Crippen molar-refractivity contribution in [2.75, 3.05) is 26.9 Å². The molecule has 2 saturated heterocycles. The molecule has 0 aromatic heterocycles. The van der Waals surface area contributed by atoms with Gasteiger partial charge >= 0.3 is 5.97 Å². The molecule has 2 aromatic rings. The zero-order valence-corrected chi connectivity index (χ0v) is 22.3. The van der Waals surface area contributed by atoms with Crippen LogP contribution >= 0.6 is 0 Å². The number of Topliss-reactive ketones (excluding diaryl/α,β-unsaturated/α-hetero) is 1. The Morgan fingerprint density at radius 1 is 0.947 bits per heavy atom. The maximum atomic E-state index is 12.1. The molecule has 4 rings (SSSR count). The Morgan fingerprint density at radius 2 is 1.47 bits per heavy atom. The van der Waals surface area contributed by atoms with Crippen molar-refractivity contribution in [3.63, 3.8) is 0 Å². The molecule has 0 radical (unpaired) electrons. The molecular formula is C31H38O7. The molecule has 0 saturated carbocycles. The lowest BCUT2D eigenvalue weighted by atomic mass is 9.76. The third kappa shape index (κ3) is 6.85. The maximum Gasteiger partial charge on any atom is 0.322 e. The van der Waals surface area contributed by atoms with Crippen LogP contribution < -0.4 is 0 Å². The van der Waals surface area contributed by atoms with Gasteiger partial charge in [0.25, 0.3) is 0 Å². The highest BCUT2D eigenvalue weighted by molar-refractivity contribution is 6.05. The number of carbonyl (C=O) groups excluding carboxylic acids is 2. The van der Waals surface area contributed by atoms with Gasteiger partial charge in [-0.15, -0.1) is 0 Å². The first-order chi connectivity index (χ1) is 18.3. The van der Waals surface area contributed by atoms with Gasteiger partial charge in [-0.3, -0.25) is 9.59 Å². The van der Waals surface area contributed by atoms with Crippen LogP contribution in [0.15, 0.2) is 72.8 Å². The van der Waals surface area contributed by atoms with E-state index in [-0.39, 0.29) is 24.9 Å². The average molecular weight is 523 g/mol. The minimum absolute atomic E-state index is 0.0854. The van der Waals surface area contributed by atoms with E-state index < -0.39 is 29.0 Å². The summed E-state index contributed by atoms with van der Waals surface area (Å²) in [7, 11) is 1.29. The number of ether oxygens (including phenoxy) is 3. The molecular weight excluding hydrogens is 484 g/mol. The molecule has 0 bridgehead atoms. The molecule has 204 valence electrons. The predicted octanol–water partition coefficient (Wildman–Crippen LogP) is 4.09. The van der Waals surface area contributed by atoms with Crippen LogP contribution in [0.3, 0.4) is 0 Å². The number of hydrogen-bond donors (Lipinski definition) is 2. The predicted molar refractivity (Wildman–Crippen MR) is 146 cm³/mol. The summed E-state index contributed by atoms with van der Waals surface area (Å²) in [6.45, 7) is 4.21. The average Bonchev–Trinajstić information content (AvgIpc) is 2.95. The van der Waals surface area contributed by atoms with Gasteiger partial charge in [-0.25, -0.2) is 0 Å². The van der Waals surface area contributed by atoms with Gasteiger partial charge in [0.15, 0.2) is 11.2 Å². The molecule has 2 aromatic carbocycles. The van der Waals surface area contributed by atoms with E-state index >= 15 is 0 Å².